The maximum absolute atomic E-state index is 12.7. The molecule has 0 bridgehead atoms. The van der Waals surface area contributed by atoms with E-state index in [4.69, 9.17) is 5.73 Å². The van der Waals surface area contributed by atoms with E-state index in [1.54, 1.807) is 0 Å². The average Bonchev–Trinajstić information content (AvgIpc) is 1.85. The number of nitrogens with two attached hydrogens (primary N) is 1. The Morgan fingerprint density at radius 3 is 2.42 bits per heavy atom. The smallest absolute Gasteiger partial charge is 0.124 e. The van der Waals surface area contributed by atoms with E-state index in [-0.39, 0.29) is 24.3 Å². The zero-order chi connectivity index (χ0) is 8.43. The molecule has 0 aliphatic carbocycles. The average molecular weight is 255 g/mol. The van der Waals surface area contributed by atoms with Gasteiger partial charge in [-0.05, 0) is 30.7 Å². The van der Waals surface area contributed by atoms with Crippen molar-refractivity contribution in [3.8, 4) is 0 Å². The van der Waals surface area contributed by atoms with Gasteiger partial charge in [0.2, 0.25) is 0 Å². The van der Waals surface area contributed by atoms with Crippen molar-refractivity contribution in [2.45, 2.75) is 13.0 Å². The van der Waals surface area contributed by atoms with Crippen molar-refractivity contribution >= 4 is 28.3 Å². The van der Waals surface area contributed by atoms with Gasteiger partial charge in [0.1, 0.15) is 5.82 Å². The molecule has 0 unspecified atom stereocenters. The van der Waals surface area contributed by atoms with E-state index in [0.717, 1.165) is 10.0 Å². The molecule has 0 aliphatic heterocycles. The van der Waals surface area contributed by atoms with Gasteiger partial charge in [-0.15, -0.1) is 12.4 Å². The normalized spacial score (nSPS) is 12.0. The molecule has 0 radical (unpaired) electrons. The third kappa shape index (κ3) is 3.09. The molecule has 68 valence electrons. The standard InChI is InChI=1S/C8H9BrFN.ClH/c1-5(11)6-2-7(9)4-8(10)3-6;/h2-5H,11H2,1H3;1H/t5-;/m1./s1. The van der Waals surface area contributed by atoms with Crippen molar-refractivity contribution in [3.63, 3.8) is 0 Å². The van der Waals surface area contributed by atoms with E-state index in [0.29, 0.717) is 0 Å². The van der Waals surface area contributed by atoms with Gasteiger partial charge >= 0.3 is 0 Å². The number of rotatable bonds is 1. The minimum atomic E-state index is -0.258. The summed E-state index contributed by atoms with van der Waals surface area (Å²) in [6, 6.07) is 4.54. The highest BCUT2D eigenvalue weighted by Crippen LogP contribution is 2.18. The maximum Gasteiger partial charge on any atom is 0.124 e. The Morgan fingerprint density at radius 1 is 1.42 bits per heavy atom. The Labute approximate surface area is 85.7 Å². The lowest BCUT2D eigenvalue weighted by atomic mass is 10.1. The van der Waals surface area contributed by atoms with Crippen LogP contribution in [0.15, 0.2) is 22.7 Å². The molecule has 1 aromatic carbocycles. The number of hydrogen-bond donors (Lipinski definition) is 1. The van der Waals surface area contributed by atoms with Crippen molar-refractivity contribution in [2.75, 3.05) is 0 Å². The largest absolute Gasteiger partial charge is 0.324 e. The fourth-order valence-electron chi connectivity index (χ4n) is 0.838. The summed E-state index contributed by atoms with van der Waals surface area (Å²) in [7, 11) is 0. The summed E-state index contributed by atoms with van der Waals surface area (Å²) < 4.78 is 13.4. The summed E-state index contributed by atoms with van der Waals surface area (Å²) in [5.74, 6) is -0.258. The van der Waals surface area contributed by atoms with Gasteiger partial charge in [0.25, 0.3) is 0 Å². The SMILES string of the molecule is C[C@@H](N)c1cc(F)cc(Br)c1.Cl. The van der Waals surface area contributed by atoms with Gasteiger partial charge in [-0.1, -0.05) is 15.9 Å². The summed E-state index contributed by atoms with van der Waals surface area (Å²) in [4.78, 5) is 0. The first-order chi connectivity index (χ1) is 5.09. The Balaban J connectivity index is 0.00000121. The Hall–Kier alpha value is -0.120. The van der Waals surface area contributed by atoms with Crippen LogP contribution in [-0.2, 0) is 0 Å². The zero-order valence-electron chi connectivity index (χ0n) is 6.55. The molecule has 0 saturated carbocycles. The number of hydrogen-bond acceptors (Lipinski definition) is 1. The molecule has 1 atom stereocenters. The third-order valence-corrected chi connectivity index (χ3v) is 1.87. The molecule has 0 spiro atoms. The van der Waals surface area contributed by atoms with Crippen LogP contribution in [0.2, 0.25) is 0 Å². The molecule has 0 fully saturated rings. The lowest BCUT2D eigenvalue weighted by Gasteiger charge is -2.05. The van der Waals surface area contributed by atoms with Crippen LogP contribution >= 0.6 is 28.3 Å². The second kappa shape index (κ2) is 4.80. The van der Waals surface area contributed by atoms with E-state index in [1.807, 2.05) is 13.0 Å². The first-order valence-corrected chi connectivity index (χ1v) is 4.10. The topological polar surface area (TPSA) is 26.0 Å². The van der Waals surface area contributed by atoms with Crippen LogP contribution in [0.3, 0.4) is 0 Å². The quantitative estimate of drug-likeness (QED) is 0.819. The molecule has 1 aromatic rings. The highest BCUT2D eigenvalue weighted by molar-refractivity contribution is 9.10. The molecule has 1 rings (SSSR count). The summed E-state index contributed by atoms with van der Waals surface area (Å²) in [5.41, 5.74) is 6.37. The fraction of sp³-hybridized carbons (Fsp3) is 0.250. The van der Waals surface area contributed by atoms with Crippen LogP contribution in [0, 0.1) is 5.82 Å². The zero-order valence-corrected chi connectivity index (χ0v) is 8.95. The van der Waals surface area contributed by atoms with Crippen LogP contribution < -0.4 is 5.73 Å². The highest BCUT2D eigenvalue weighted by Gasteiger charge is 2.02. The van der Waals surface area contributed by atoms with Gasteiger partial charge in [-0.3, -0.25) is 0 Å². The molecule has 0 heterocycles. The van der Waals surface area contributed by atoms with Gasteiger partial charge < -0.3 is 5.73 Å². The van der Waals surface area contributed by atoms with Crippen molar-refractivity contribution in [1.29, 1.82) is 0 Å². The van der Waals surface area contributed by atoms with Crippen molar-refractivity contribution in [3.05, 3.63) is 34.1 Å². The number of halogens is 3. The van der Waals surface area contributed by atoms with Crippen LogP contribution in [0.1, 0.15) is 18.5 Å². The van der Waals surface area contributed by atoms with E-state index in [2.05, 4.69) is 15.9 Å². The minimum absolute atomic E-state index is 0. The molecule has 0 aliphatic rings. The third-order valence-electron chi connectivity index (χ3n) is 1.41. The summed E-state index contributed by atoms with van der Waals surface area (Å²) in [6.45, 7) is 1.82. The Kier molecular flexibility index (Phi) is 4.75. The lowest BCUT2D eigenvalue weighted by Crippen LogP contribution is -2.04. The monoisotopic (exact) mass is 253 g/mol. The predicted molar refractivity (Wildman–Crippen MR) is 54.0 cm³/mol. The van der Waals surface area contributed by atoms with Crippen LogP contribution in [0.5, 0.6) is 0 Å². The van der Waals surface area contributed by atoms with E-state index < -0.39 is 0 Å². The lowest BCUT2D eigenvalue weighted by molar-refractivity contribution is 0.621. The molecule has 4 heteroatoms. The molecular formula is C8H10BrClFN. The molecule has 2 N–H and O–H groups in total. The Morgan fingerprint density at radius 2 is 2.00 bits per heavy atom. The van der Waals surface area contributed by atoms with Gasteiger partial charge in [0.15, 0.2) is 0 Å². The van der Waals surface area contributed by atoms with E-state index in [1.165, 1.54) is 12.1 Å². The van der Waals surface area contributed by atoms with Crippen LogP contribution in [0.25, 0.3) is 0 Å². The first-order valence-electron chi connectivity index (χ1n) is 3.31. The van der Waals surface area contributed by atoms with Crippen molar-refractivity contribution < 1.29 is 4.39 Å². The van der Waals surface area contributed by atoms with Crippen molar-refractivity contribution in [2.24, 2.45) is 5.73 Å². The summed E-state index contributed by atoms with van der Waals surface area (Å²) in [6.07, 6.45) is 0. The van der Waals surface area contributed by atoms with Crippen molar-refractivity contribution in [1.82, 2.24) is 0 Å². The summed E-state index contributed by atoms with van der Waals surface area (Å²) >= 11 is 3.19. The molecule has 0 amide bonds. The van der Waals surface area contributed by atoms with Gasteiger partial charge in [0.05, 0.1) is 0 Å². The second-order valence-corrected chi connectivity index (χ2v) is 3.41. The molecular weight excluding hydrogens is 244 g/mol. The van der Waals surface area contributed by atoms with Crippen LogP contribution in [-0.4, -0.2) is 0 Å². The highest BCUT2D eigenvalue weighted by atomic mass is 79.9. The van der Waals surface area contributed by atoms with Gasteiger partial charge in [-0.2, -0.15) is 0 Å². The fourth-order valence-corrected chi connectivity index (χ4v) is 1.32. The van der Waals surface area contributed by atoms with E-state index in [9.17, 15) is 4.39 Å². The molecule has 0 saturated heterocycles. The first kappa shape index (κ1) is 11.9. The second-order valence-electron chi connectivity index (χ2n) is 2.49. The van der Waals surface area contributed by atoms with Gasteiger partial charge in [0, 0.05) is 10.5 Å². The molecule has 0 aromatic heterocycles. The van der Waals surface area contributed by atoms with Crippen LogP contribution in [0.4, 0.5) is 4.39 Å². The van der Waals surface area contributed by atoms with Gasteiger partial charge in [-0.25, -0.2) is 4.39 Å². The summed E-state index contributed by atoms with van der Waals surface area (Å²) in [5, 5.41) is 0. The number of benzene rings is 1. The molecule has 1 nitrogen and oxygen atoms in total. The minimum Gasteiger partial charge on any atom is -0.324 e. The predicted octanol–water partition coefficient (Wildman–Crippen LogP) is 3.03. The molecule has 12 heavy (non-hydrogen) atoms. The van der Waals surface area contributed by atoms with E-state index >= 15 is 0 Å². The Bertz CT molecular complexity index is 245. The maximum atomic E-state index is 12.7.